The van der Waals surface area contributed by atoms with Gasteiger partial charge in [0.05, 0.1) is 12.8 Å². The van der Waals surface area contributed by atoms with Crippen LogP contribution in [0.15, 0.2) is 58.5 Å². The Balaban J connectivity index is 1.68. The van der Waals surface area contributed by atoms with E-state index in [1.165, 1.54) is 28.6 Å². The molecule has 34 heavy (non-hydrogen) atoms. The van der Waals surface area contributed by atoms with Crippen molar-refractivity contribution in [2.24, 2.45) is 0 Å². The second kappa shape index (κ2) is 10.7. The molecule has 7 nitrogen and oxygen atoms in total. The molecule has 2 heterocycles. The molecule has 3 amide bonds. The summed E-state index contributed by atoms with van der Waals surface area (Å²) in [5.41, 5.74) is 2.49. The van der Waals surface area contributed by atoms with Crippen LogP contribution in [0.2, 0.25) is 0 Å². The number of carbonyl (C=O) groups excluding carboxylic acids is 3. The maximum atomic E-state index is 13.7. The number of furan rings is 1. The lowest BCUT2D eigenvalue weighted by atomic mass is 10.1. The topological polar surface area (TPSA) is 91.7 Å². The Morgan fingerprint density at radius 1 is 1.12 bits per heavy atom. The van der Waals surface area contributed by atoms with Crippen LogP contribution in [-0.4, -0.2) is 30.3 Å². The average molecular weight is 480 g/mol. The predicted octanol–water partition coefficient (Wildman–Crippen LogP) is 4.52. The van der Waals surface area contributed by atoms with Crippen LogP contribution in [0.5, 0.6) is 0 Å². The Morgan fingerprint density at radius 2 is 1.91 bits per heavy atom. The number of aryl methyl sites for hydroxylation is 2. The van der Waals surface area contributed by atoms with E-state index in [-0.39, 0.29) is 30.2 Å². The van der Waals surface area contributed by atoms with E-state index in [2.05, 4.69) is 10.6 Å². The Kier molecular flexibility index (Phi) is 7.47. The molecule has 1 aromatic carbocycles. The number of amides is 3. The predicted molar refractivity (Wildman–Crippen MR) is 132 cm³/mol. The van der Waals surface area contributed by atoms with Gasteiger partial charge >= 0.3 is 0 Å². The molecule has 1 atom stereocenters. The van der Waals surface area contributed by atoms with Crippen LogP contribution >= 0.6 is 11.3 Å². The van der Waals surface area contributed by atoms with Crippen molar-refractivity contribution in [1.29, 1.82) is 0 Å². The third-order valence-corrected chi connectivity index (χ3v) is 6.98. The lowest BCUT2D eigenvalue weighted by Gasteiger charge is -2.32. The number of benzene rings is 1. The van der Waals surface area contributed by atoms with E-state index in [0.29, 0.717) is 5.69 Å². The molecule has 0 aliphatic heterocycles. The summed E-state index contributed by atoms with van der Waals surface area (Å²) in [5.74, 6) is -0.947. The first-order valence-corrected chi connectivity index (χ1v) is 12.4. The van der Waals surface area contributed by atoms with Gasteiger partial charge in [0.1, 0.15) is 6.04 Å². The fourth-order valence-electron chi connectivity index (χ4n) is 4.30. The maximum absolute atomic E-state index is 13.7. The van der Waals surface area contributed by atoms with Crippen molar-refractivity contribution in [2.75, 3.05) is 11.4 Å². The number of hydrogen-bond acceptors (Lipinski definition) is 5. The van der Waals surface area contributed by atoms with Crippen LogP contribution in [0.1, 0.15) is 58.3 Å². The number of carbonyl (C=O) groups is 3. The van der Waals surface area contributed by atoms with Gasteiger partial charge in [-0.3, -0.25) is 19.3 Å². The fraction of sp³-hybridized carbons (Fsp3) is 0.346. The number of rotatable bonds is 8. The first-order chi connectivity index (χ1) is 16.4. The van der Waals surface area contributed by atoms with E-state index in [9.17, 15) is 14.4 Å². The molecule has 1 fully saturated rings. The van der Waals surface area contributed by atoms with Gasteiger partial charge in [-0.05, 0) is 67.5 Å². The molecule has 3 aromatic rings. The number of hydrogen-bond donors (Lipinski definition) is 2. The van der Waals surface area contributed by atoms with E-state index < -0.39 is 11.9 Å². The van der Waals surface area contributed by atoms with Gasteiger partial charge in [0, 0.05) is 16.6 Å². The van der Waals surface area contributed by atoms with Crippen LogP contribution in [0.3, 0.4) is 0 Å². The fourth-order valence-corrected chi connectivity index (χ4v) is 5.12. The first kappa shape index (κ1) is 23.8. The van der Waals surface area contributed by atoms with E-state index in [1.54, 1.807) is 6.07 Å². The minimum atomic E-state index is -0.839. The monoisotopic (exact) mass is 479 g/mol. The molecule has 2 N–H and O–H groups in total. The highest BCUT2D eigenvalue weighted by atomic mass is 32.1. The Labute approximate surface area is 203 Å². The van der Waals surface area contributed by atoms with E-state index in [4.69, 9.17) is 4.42 Å². The van der Waals surface area contributed by atoms with E-state index in [0.717, 1.165) is 41.7 Å². The molecule has 4 rings (SSSR count). The van der Waals surface area contributed by atoms with Gasteiger partial charge in [-0.15, -0.1) is 11.3 Å². The standard InChI is InChI=1S/C26H29N3O4S/c1-17-11-12-18(2)20(15-17)29(23(30)16-27-25(31)21-9-5-13-33-21)24(22-10-6-14-34-22)26(32)28-19-7-3-4-8-19/h5-6,9-15,19,24H,3-4,7-8,16H2,1-2H3,(H,27,31)(H,28,32)/t24-/m1/s1. The van der Waals surface area contributed by atoms with Crippen molar-refractivity contribution in [3.05, 3.63) is 75.9 Å². The molecule has 0 unspecified atom stereocenters. The Hall–Kier alpha value is -3.39. The molecule has 0 bridgehead atoms. The molecule has 1 aliphatic carbocycles. The third kappa shape index (κ3) is 5.39. The summed E-state index contributed by atoms with van der Waals surface area (Å²) >= 11 is 1.43. The average Bonchev–Trinajstić information content (AvgIpc) is 3.61. The van der Waals surface area contributed by atoms with Crippen LogP contribution in [-0.2, 0) is 9.59 Å². The lowest BCUT2D eigenvalue weighted by molar-refractivity contribution is -0.126. The molecule has 0 saturated heterocycles. The second-order valence-electron chi connectivity index (χ2n) is 8.62. The van der Waals surface area contributed by atoms with Gasteiger partial charge in [-0.2, -0.15) is 0 Å². The summed E-state index contributed by atoms with van der Waals surface area (Å²) in [5, 5.41) is 7.69. The van der Waals surface area contributed by atoms with Gasteiger partial charge in [-0.25, -0.2) is 0 Å². The molecular formula is C26H29N3O4S. The Morgan fingerprint density at radius 3 is 2.59 bits per heavy atom. The van der Waals surface area contributed by atoms with Crippen molar-refractivity contribution >= 4 is 34.7 Å². The van der Waals surface area contributed by atoms with Crippen molar-refractivity contribution in [1.82, 2.24) is 10.6 Å². The zero-order chi connectivity index (χ0) is 24.1. The summed E-state index contributed by atoms with van der Waals surface area (Å²) in [6.07, 6.45) is 5.47. The van der Waals surface area contributed by atoms with E-state index >= 15 is 0 Å². The molecule has 178 valence electrons. The number of nitrogens with zero attached hydrogens (tertiary/aromatic N) is 1. The highest BCUT2D eigenvalue weighted by Crippen LogP contribution is 2.34. The molecule has 8 heteroatoms. The highest BCUT2D eigenvalue weighted by molar-refractivity contribution is 7.10. The smallest absolute Gasteiger partial charge is 0.287 e. The summed E-state index contributed by atoms with van der Waals surface area (Å²) in [4.78, 5) is 42.0. The van der Waals surface area contributed by atoms with Gasteiger partial charge in [0.2, 0.25) is 11.8 Å². The zero-order valence-corrected chi connectivity index (χ0v) is 20.2. The molecular weight excluding hydrogens is 450 g/mol. The van der Waals surface area contributed by atoms with Crippen molar-refractivity contribution in [3.8, 4) is 0 Å². The third-order valence-electron chi connectivity index (χ3n) is 6.06. The zero-order valence-electron chi connectivity index (χ0n) is 19.4. The normalized spacial score (nSPS) is 14.5. The summed E-state index contributed by atoms with van der Waals surface area (Å²) < 4.78 is 5.13. The summed E-state index contributed by atoms with van der Waals surface area (Å²) in [6.45, 7) is 3.59. The van der Waals surface area contributed by atoms with Gasteiger partial charge < -0.3 is 15.1 Å². The first-order valence-electron chi connectivity index (χ1n) is 11.5. The second-order valence-corrected chi connectivity index (χ2v) is 9.60. The Bertz CT molecular complexity index is 1140. The van der Waals surface area contributed by atoms with Crippen molar-refractivity contribution < 1.29 is 18.8 Å². The maximum Gasteiger partial charge on any atom is 0.287 e. The van der Waals surface area contributed by atoms with Crippen molar-refractivity contribution in [3.63, 3.8) is 0 Å². The van der Waals surface area contributed by atoms with Crippen LogP contribution in [0.4, 0.5) is 5.69 Å². The number of nitrogens with one attached hydrogen (secondary N) is 2. The van der Waals surface area contributed by atoms with Crippen molar-refractivity contribution in [2.45, 2.75) is 51.6 Å². The summed E-state index contributed by atoms with van der Waals surface area (Å²) in [7, 11) is 0. The van der Waals surface area contributed by atoms with Crippen LogP contribution < -0.4 is 15.5 Å². The SMILES string of the molecule is Cc1ccc(C)c(N(C(=O)CNC(=O)c2ccco2)[C@@H](C(=O)NC2CCCC2)c2cccs2)c1. The lowest BCUT2D eigenvalue weighted by Crippen LogP contribution is -2.49. The number of thiophene rings is 1. The minimum Gasteiger partial charge on any atom is -0.459 e. The van der Waals surface area contributed by atoms with Gasteiger partial charge in [0.25, 0.3) is 5.91 Å². The molecule has 2 aromatic heterocycles. The van der Waals surface area contributed by atoms with E-state index in [1.807, 2.05) is 49.6 Å². The molecule has 1 saturated carbocycles. The highest BCUT2D eigenvalue weighted by Gasteiger charge is 2.35. The van der Waals surface area contributed by atoms with Gasteiger partial charge in [-0.1, -0.05) is 31.0 Å². The quantitative estimate of drug-likeness (QED) is 0.497. The largest absolute Gasteiger partial charge is 0.459 e. The molecule has 0 spiro atoms. The molecule has 1 aliphatic rings. The van der Waals surface area contributed by atoms with Crippen LogP contribution in [0, 0.1) is 13.8 Å². The van der Waals surface area contributed by atoms with Gasteiger partial charge in [0.15, 0.2) is 5.76 Å². The minimum absolute atomic E-state index is 0.115. The van der Waals surface area contributed by atoms with Crippen LogP contribution in [0.25, 0.3) is 0 Å². The number of anilines is 1. The molecule has 0 radical (unpaired) electrons. The summed E-state index contributed by atoms with van der Waals surface area (Å²) in [6, 6.07) is 12.0.